The predicted octanol–water partition coefficient (Wildman–Crippen LogP) is 5.31. The summed E-state index contributed by atoms with van der Waals surface area (Å²) >= 11 is 17.9. The Labute approximate surface area is 103 Å². The molecule has 0 aliphatic heterocycles. The maximum Gasteiger partial charge on any atom is 0.0670 e. The summed E-state index contributed by atoms with van der Waals surface area (Å²) in [6.07, 6.45) is 0. The molecule has 0 spiro atoms. The van der Waals surface area contributed by atoms with E-state index in [0.29, 0.717) is 15.1 Å². The summed E-state index contributed by atoms with van der Waals surface area (Å²) in [7, 11) is 0. The summed E-state index contributed by atoms with van der Waals surface area (Å²) in [5.74, 6) is 0. The van der Waals surface area contributed by atoms with E-state index in [-0.39, 0.29) is 0 Å². The Morgan fingerprint density at radius 2 is 1.40 bits per heavy atom. The van der Waals surface area contributed by atoms with Crippen LogP contribution in [-0.4, -0.2) is 0 Å². The first-order valence-electron chi connectivity index (χ1n) is 4.38. The lowest BCUT2D eigenvalue weighted by atomic mass is 10.1. The van der Waals surface area contributed by atoms with E-state index >= 15 is 0 Å². The van der Waals surface area contributed by atoms with Gasteiger partial charge in [-0.3, -0.25) is 0 Å². The molecule has 0 nitrogen and oxygen atoms in total. The van der Waals surface area contributed by atoms with Crippen LogP contribution in [0.2, 0.25) is 15.1 Å². The van der Waals surface area contributed by atoms with Gasteiger partial charge in [-0.2, -0.15) is 0 Å². The van der Waals surface area contributed by atoms with Crippen LogP contribution < -0.4 is 0 Å². The summed E-state index contributed by atoms with van der Waals surface area (Å²) in [6, 6.07) is 13.1. The normalized spacial score (nSPS) is 10.3. The molecule has 2 rings (SSSR count). The van der Waals surface area contributed by atoms with E-state index in [1.807, 2.05) is 36.4 Å². The fraction of sp³-hybridized carbons (Fsp3) is 0. The van der Waals surface area contributed by atoms with E-state index < -0.39 is 0 Å². The Morgan fingerprint density at radius 3 is 2.07 bits per heavy atom. The number of hydrogen-bond donors (Lipinski definition) is 0. The molecule has 0 bridgehead atoms. The van der Waals surface area contributed by atoms with Crippen LogP contribution in [0, 0.1) is 0 Å². The van der Waals surface area contributed by atoms with Gasteiger partial charge in [0.2, 0.25) is 0 Å². The van der Waals surface area contributed by atoms with Crippen molar-refractivity contribution in [3.05, 3.63) is 57.5 Å². The van der Waals surface area contributed by atoms with Crippen LogP contribution in [0.1, 0.15) is 0 Å². The molecule has 0 aliphatic rings. The largest absolute Gasteiger partial charge is 0.0843 e. The molecular formula is C12H7Cl3. The van der Waals surface area contributed by atoms with Crippen LogP contribution in [-0.2, 0) is 0 Å². The lowest BCUT2D eigenvalue weighted by Crippen LogP contribution is -1.79. The lowest BCUT2D eigenvalue weighted by molar-refractivity contribution is 1.62. The maximum absolute atomic E-state index is 6.10. The van der Waals surface area contributed by atoms with Crippen molar-refractivity contribution in [3.8, 4) is 11.1 Å². The summed E-state index contributed by atoms with van der Waals surface area (Å²) in [5.41, 5.74) is 1.92. The average Bonchev–Trinajstić information content (AvgIpc) is 2.24. The van der Waals surface area contributed by atoms with Gasteiger partial charge in [0, 0.05) is 10.6 Å². The number of benzene rings is 2. The molecule has 0 radical (unpaired) electrons. The summed E-state index contributed by atoms with van der Waals surface area (Å²) in [6.45, 7) is 0. The van der Waals surface area contributed by atoms with E-state index in [1.54, 1.807) is 6.07 Å². The second-order valence-corrected chi connectivity index (χ2v) is 4.33. The van der Waals surface area contributed by atoms with Gasteiger partial charge >= 0.3 is 0 Å². The maximum atomic E-state index is 6.10. The van der Waals surface area contributed by atoms with Gasteiger partial charge in [-0.15, -0.1) is 0 Å². The smallest absolute Gasteiger partial charge is 0.0670 e. The highest BCUT2D eigenvalue weighted by molar-refractivity contribution is 6.43. The SMILES string of the molecule is Clc1ccc(-c2cccc(Cl)c2Cl)cc1. The Balaban J connectivity index is 2.54. The predicted molar refractivity (Wildman–Crippen MR) is 66.9 cm³/mol. The molecule has 3 heteroatoms. The standard InChI is InChI=1S/C12H7Cl3/c13-9-6-4-8(5-7-9)10-2-1-3-11(14)12(10)15/h1-7H. The van der Waals surface area contributed by atoms with Crippen LogP contribution in [0.3, 0.4) is 0 Å². The zero-order valence-electron chi connectivity index (χ0n) is 7.68. The van der Waals surface area contributed by atoms with Crippen molar-refractivity contribution in [2.24, 2.45) is 0 Å². The van der Waals surface area contributed by atoms with Crippen molar-refractivity contribution >= 4 is 34.8 Å². The van der Waals surface area contributed by atoms with Crippen LogP contribution in [0.4, 0.5) is 0 Å². The second-order valence-electron chi connectivity index (χ2n) is 3.11. The molecule has 2 aromatic carbocycles. The number of hydrogen-bond acceptors (Lipinski definition) is 0. The topological polar surface area (TPSA) is 0 Å². The Morgan fingerprint density at radius 1 is 0.733 bits per heavy atom. The highest BCUT2D eigenvalue weighted by atomic mass is 35.5. The van der Waals surface area contributed by atoms with E-state index in [1.165, 1.54) is 0 Å². The van der Waals surface area contributed by atoms with E-state index in [0.717, 1.165) is 11.1 Å². The molecule has 0 N–H and O–H groups in total. The summed E-state index contributed by atoms with van der Waals surface area (Å²) in [5, 5.41) is 1.84. The fourth-order valence-electron chi connectivity index (χ4n) is 1.36. The van der Waals surface area contributed by atoms with Gasteiger partial charge in [-0.05, 0) is 23.8 Å². The minimum absolute atomic E-state index is 0.559. The highest BCUT2D eigenvalue weighted by Gasteiger charge is 2.05. The van der Waals surface area contributed by atoms with Gasteiger partial charge in [0.1, 0.15) is 0 Å². The van der Waals surface area contributed by atoms with Crippen molar-refractivity contribution in [2.45, 2.75) is 0 Å². The van der Waals surface area contributed by atoms with Gasteiger partial charge < -0.3 is 0 Å². The van der Waals surface area contributed by atoms with E-state index in [9.17, 15) is 0 Å². The second kappa shape index (κ2) is 4.44. The Bertz CT molecular complexity index is 475. The minimum atomic E-state index is 0.559. The fourth-order valence-corrected chi connectivity index (χ4v) is 1.89. The zero-order valence-corrected chi connectivity index (χ0v) is 9.94. The summed E-state index contributed by atoms with van der Waals surface area (Å²) in [4.78, 5) is 0. The molecule has 0 aromatic heterocycles. The number of halogens is 3. The molecule has 0 aliphatic carbocycles. The Hall–Kier alpha value is -0.690. The highest BCUT2D eigenvalue weighted by Crippen LogP contribution is 2.33. The molecule has 0 saturated heterocycles. The first-order chi connectivity index (χ1) is 7.18. The van der Waals surface area contributed by atoms with E-state index in [2.05, 4.69) is 0 Å². The van der Waals surface area contributed by atoms with Crippen molar-refractivity contribution in [1.82, 2.24) is 0 Å². The first-order valence-corrected chi connectivity index (χ1v) is 5.52. The van der Waals surface area contributed by atoms with Gasteiger partial charge in [-0.1, -0.05) is 59.1 Å². The van der Waals surface area contributed by atoms with Crippen molar-refractivity contribution in [1.29, 1.82) is 0 Å². The third-order valence-electron chi connectivity index (χ3n) is 2.11. The van der Waals surface area contributed by atoms with Gasteiger partial charge in [0.05, 0.1) is 10.0 Å². The molecule has 0 amide bonds. The van der Waals surface area contributed by atoms with Crippen LogP contribution in [0.25, 0.3) is 11.1 Å². The molecular weight excluding hydrogens is 250 g/mol. The Kier molecular flexibility index (Phi) is 3.20. The van der Waals surface area contributed by atoms with Gasteiger partial charge in [-0.25, -0.2) is 0 Å². The molecule has 0 unspecified atom stereocenters. The van der Waals surface area contributed by atoms with Gasteiger partial charge in [0.15, 0.2) is 0 Å². The quantitative estimate of drug-likeness (QED) is 0.649. The lowest BCUT2D eigenvalue weighted by Gasteiger charge is -2.05. The third-order valence-corrected chi connectivity index (χ3v) is 3.18. The monoisotopic (exact) mass is 256 g/mol. The van der Waals surface area contributed by atoms with Crippen LogP contribution >= 0.6 is 34.8 Å². The molecule has 0 heterocycles. The van der Waals surface area contributed by atoms with Crippen molar-refractivity contribution < 1.29 is 0 Å². The average molecular weight is 258 g/mol. The van der Waals surface area contributed by atoms with Crippen molar-refractivity contribution in [3.63, 3.8) is 0 Å². The third kappa shape index (κ3) is 2.28. The van der Waals surface area contributed by atoms with Crippen LogP contribution in [0.15, 0.2) is 42.5 Å². The van der Waals surface area contributed by atoms with Crippen LogP contribution in [0.5, 0.6) is 0 Å². The van der Waals surface area contributed by atoms with Crippen molar-refractivity contribution in [2.75, 3.05) is 0 Å². The molecule has 15 heavy (non-hydrogen) atoms. The molecule has 76 valence electrons. The van der Waals surface area contributed by atoms with Gasteiger partial charge in [0.25, 0.3) is 0 Å². The zero-order chi connectivity index (χ0) is 10.8. The number of rotatable bonds is 1. The molecule has 0 fully saturated rings. The molecule has 0 atom stereocenters. The minimum Gasteiger partial charge on any atom is -0.0843 e. The first kappa shape index (κ1) is 10.8. The molecule has 2 aromatic rings. The van der Waals surface area contributed by atoms with E-state index in [4.69, 9.17) is 34.8 Å². The summed E-state index contributed by atoms with van der Waals surface area (Å²) < 4.78 is 0. The molecule has 0 saturated carbocycles.